The molecule has 62 heavy (non-hydrogen) atoms. The number of rotatable bonds is 24. The summed E-state index contributed by atoms with van der Waals surface area (Å²) in [5.41, 5.74) is 0. The Morgan fingerprint density at radius 1 is 0.613 bits per heavy atom. The molecule has 2 unspecified atom stereocenters. The molecule has 1 rings (SSSR count). The van der Waals surface area contributed by atoms with Crippen LogP contribution < -0.4 is 0 Å². The van der Waals surface area contributed by atoms with Gasteiger partial charge >= 0.3 is 5.97 Å². The van der Waals surface area contributed by atoms with Crippen molar-refractivity contribution in [3.63, 3.8) is 0 Å². The molecule has 0 saturated carbocycles. The molecule has 0 amide bonds. The maximum atomic E-state index is 14.3. The van der Waals surface area contributed by atoms with Gasteiger partial charge in [0.25, 0.3) is 0 Å². The first-order valence-corrected chi connectivity index (χ1v) is 35.9. The van der Waals surface area contributed by atoms with Crippen LogP contribution in [-0.2, 0) is 41.5 Å². The van der Waals surface area contributed by atoms with Crippen LogP contribution in [0.4, 0.5) is 0 Å². The van der Waals surface area contributed by atoms with Crippen molar-refractivity contribution in [3.05, 3.63) is 0 Å². The number of hydrogen-bond donors (Lipinski definition) is 0. The van der Waals surface area contributed by atoms with Gasteiger partial charge in [-0.3, -0.25) is 9.59 Å². The van der Waals surface area contributed by atoms with E-state index in [1.54, 1.807) is 6.92 Å². The van der Waals surface area contributed by atoms with E-state index in [9.17, 15) is 9.59 Å². The van der Waals surface area contributed by atoms with Crippen molar-refractivity contribution in [2.75, 3.05) is 6.61 Å². The molecule has 0 radical (unpaired) electrons. The number of Topliss-reactive ketones (excluding diaryl/α,β-unsaturated/α-hetero) is 1. The van der Waals surface area contributed by atoms with Gasteiger partial charge in [0, 0.05) is 18.8 Å². The van der Waals surface area contributed by atoms with E-state index in [1.807, 2.05) is 0 Å². The summed E-state index contributed by atoms with van der Waals surface area (Å²) in [5.74, 6) is 0.00802. The molecular weight excluding hydrogens is 845 g/mol. The van der Waals surface area contributed by atoms with Gasteiger partial charge in [0.2, 0.25) is 0 Å². The zero-order valence-electron chi connectivity index (χ0n) is 45.4. The number of esters is 1. The predicted octanol–water partition coefficient (Wildman–Crippen LogP) is 14.1. The largest absolute Gasteiger partial charge is 0.462 e. The Kier molecular flexibility index (Phi) is 21.9. The Morgan fingerprint density at radius 2 is 1.02 bits per heavy atom. The summed E-state index contributed by atoms with van der Waals surface area (Å²) in [5, 5.41) is -0.00359. The van der Waals surface area contributed by atoms with Crippen LogP contribution >= 0.6 is 0 Å². The number of carbonyl (C=O) groups excluding carboxylic acids is 2. The van der Waals surface area contributed by atoms with Crippen molar-refractivity contribution in [2.24, 2.45) is 17.8 Å². The van der Waals surface area contributed by atoms with Gasteiger partial charge < -0.3 is 31.9 Å². The fraction of sp³-hybridized carbons (Fsp3) is 0.959. The molecule has 1 heterocycles. The highest BCUT2D eigenvalue weighted by Gasteiger charge is 2.51. The molecule has 0 N–H and O–H groups in total. The Labute approximate surface area is 387 Å². The van der Waals surface area contributed by atoms with Crippen LogP contribution in [0.25, 0.3) is 0 Å². The molecule has 0 spiro atoms. The Balaban J connectivity index is 3.61. The predicted molar refractivity (Wildman–Crippen MR) is 270 cm³/mol. The first kappa shape index (κ1) is 59.8. The fourth-order valence-corrected chi connectivity index (χ4v) is 11.8. The number of hydrogen-bond acceptors (Lipinski definition) is 9. The molecule has 1 saturated heterocycles. The topological polar surface area (TPSA) is 98.8 Å². The molecule has 13 heteroatoms. The molecule has 9 nitrogen and oxygen atoms in total. The lowest BCUT2D eigenvalue weighted by atomic mass is 9.94. The van der Waals surface area contributed by atoms with Crippen LogP contribution in [0.2, 0.25) is 72.5 Å². The molecule has 1 aliphatic heterocycles. The molecule has 0 aromatic rings. The standard InChI is InChI=1S/C49H102O9Si4/c1-27-34(3)40(30-38(29-36(5)50)56-60(21,22)47(10,11)12)53-43(51)32-39(57-61(23,24)48(13,14)15)31-41(35(4)28-2)54-45-37(6)44(58-62(25,26)49(16,17)18)42(55-45)33-52-59(19,20)46(7,8)9/h34-35,37-42,44-45H,27-33H2,1-26H3/t34-,35-,37?,38+,39-,40-,41-,42-,44?,45+/m0/s1. The minimum atomic E-state index is -2.35. The van der Waals surface area contributed by atoms with Gasteiger partial charge in [-0.1, -0.05) is 131 Å². The average Bonchev–Trinajstić information content (AvgIpc) is 3.35. The molecule has 0 aromatic heterocycles. The SMILES string of the molecule is CC[C@H](C)[C@H](C[C@@H](CC(C)=O)O[Si](C)(C)C(C)(C)C)OC(=O)C[C@H](C[C@H](O[C@@H]1O[C@@H](CO[Si](C)(C)C(C)(C)C)C(O[Si](C)(C)C(C)(C)C)C1C)[C@@H](C)CC)O[Si](C)(C)C(C)(C)C. The van der Waals surface area contributed by atoms with Crippen LogP contribution in [0.15, 0.2) is 0 Å². The zero-order valence-corrected chi connectivity index (χ0v) is 49.4. The lowest BCUT2D eigenvalue weighted by Crippen LogP contribution is -2.49. The third kappa shape index (κ3) is 17.4. The molecule has 1 fully saturated rings. The molecule has 0 aliphatic carbocycles. The van der Waals surface area contributed by atoms with Gasteiger partial charge in [0.05, 0.1) is 37.4 Å². The first-order valence-electron chi connectivity index (χ1n) is 24.3. The maximum Gasteiger partial charge on any atom is 0.308 e. The Morgan fingerprint density at radius 3 is 1.42 bits per heavy atom. The molecule has 10 atom stereocenters. The van der Waals surface area contributed by atoms with Gasteiger partial charge in [-0.15, -0.1) is 0 Å². The van der Waals surface area contributed by atoms with Crippen LogP contribution in [-0.4, -0.2) is 94.5 Å². The summed E-state index contributed by atoms with van der Waals surface area (Å²) >= 11 is 0. The third-order valence-electron chi connectivity index (χ3n) is 15.9. The lowest BCUT2D eigenvalue weighted by Gasteiger charge is -2.41. The number of ether oxygens (including phenoxy) is 3. The normalized spacial score (nSPS) is 23.1. The highest BCUT2D eigenvalue weighted by Crippen LogP contribution is 2.44. The summed E-state index contributed by atoms with van der Waals surface area (Å²) in [4.78, 5) is 26.9. The number of carbonyl (C=O) groups is 2. The molecule has 0 aromatic carbocycles. The van der Waals surface area contributed by atoms with Gasteiger partial charge in [0.1, 0.15) is 18.0 Å². The van der Waals surface area contributed by atoms with Crippen molar-refractivity contribution in [1.82, 2.24) is 0 Å². The molecule has 368 valence electrons. The van der Waals surface area contributed by atoms with Gasteiger partial charge in [-0.05, 0) is 97.7 Å². The van der Waals surface area contributed by atoms with E-state index in [4.69, 9.17) is 31.9 Å². The van der Waals surface area contributed by atoms with Crippen molar-refractivity contribution >= 4 is 45.0 Å². The first-order chi connectivity index (χ1) is 27.6. The highest BCUT2D eigenvalue weighted by molar-refractivity contribution is 6.75. The van der Waals surface area contributed by atoms with E-state index < -0.39 is 51.8 Å². The molecule has 0 bridgehead atoms. The quantitative estimate of drug-likeness (QED) is 0.0692. The second-order valence-corrected chi connectivity index (χ2v) is 44.5. The zero-order chi connectivity index (χ0) is 48.8. The van der Waals surface area contributed by atoms with E-state index in [1.165, 1.54) is 0 Å². The van der Waals surface area contributed by atoms with E-state index in [2.05, 4.69) is 170 Å². The van der Waals surface area contributed by atoms with E-state index in [-0.39, 0.29) is 80.5 Å². The summed E-state index contributed by atoms with van der Waals surface area (Å²) in [6.07, 6.45) is 0.801. The summed E-state index contributed by atoms with van der Waals surface area (Å²) in [6.45, 7) is 58.0. The van der Waals surface area contributed by atoms with Crippen molar-refractivity contribution in [3.8, 4) is 0 Å². The van der Waals surface area contributed by atoms with Gasteiger partial charge in [0.15, 0.2) is 39.6 Å². The van der Waals surface area contributed by atoms with Crippen molar-refractivity contribution < 1.29 is 41.5 Å². The third-order valence-corrected chi connectivity index (χ3v) is 33.9. The summed E-state index contributed by atoms with van der Waals surface area (Å²) < 4.78 is 48.6. The minimum Gasteiger partial charge on any atom is -0.462 e. The summed E-state index contributed by atoms with van der Waals surface area (Å²) in [6, 6.07) is 0. The monoisotopic (exact) mass is 947 g/mol. The Hall–Kier alpha value is -0.232. The molecule has 1 aliphatic rings. The minimum absolute atomic E-state index is 0.0213. The second-order valence-electron chi connectivity index (χ2n) is 25.4. The molecular formula is C49H102O9Si4. The lowest BCUT2D eigenvalue weighted by molar-refractivity contribution is -0.194. The van der Waals surface area contributed by atoms with E-state index in [0.717, 1.165) is 12.8 Å². The van der Waals surface area contributed by atoms with Gasteiger partial charge in [-0.2, -0.15) is 0 Å². The van der Waals surface area contributed by atoms with Crippen molar-refractivity contribution in [1.29, 1.82) is 0 Å². The Bertz CT molecular complexity index is 1390. The van der Waals surface area contributed by atoms with Crippen LogP contribution in [0.3, 0.4) is 0 Å². The fourth-order valence-electron chi connectivity index (χ4n) is 6.66. The van der Waals surface area contributed by atoms with Crippen LogP contribution in [0.5, 0.6) is 0 Å². The average molecular weight is 948 g/mol. The summed E-state index contributed by atoms with van der Waals surface area (Å²) in [7, 11) is -8.81. The van der Waals surface area contributed by atoms with Crippen molar-refractivity contribution in [2.45, 2.75) is 279 Å². The smallest absolute Gasteiger partial charge is 0.308 e. The van der Waals surface area contributed by atoms with Crippen LogP contribution in [0, 0.1) is 17.8 Å². The highest BCUT2D eigenvalue weighted by atomic mass is 28.4. The number of ketones is 1. The van der Waals surface area contributed by atoms with E-state index >= 15 is 0 Å². The van der Waals surface area contributed by atoms with Crippen LogP contribution in [0.1, 0.15) is 163 Å². The maximum absolute atomic E-state index is 14.3. The second kappa shape index (κ2) is 22.7. The van der Waals surface area contributed by atoms with Gasteiger partial charge in [-0.25, -0.2) is 0 Å². The van der Waals surface area contributed by atoms with E-state index in [0.29, 0.717) is 25.9 Å².